The lowest BCUT2D eigenvalue weighted by atomic mass is 10.1. The molecule has 25 heavy (non-hydrogen) atoms. The number of rotatable bonds is 4. The zero-order valence-corrected chi connectivity index (χ0v) is 13.7. The number of benzene rings is 2. The third kappa shape index (κ3) is 4.27. The van der Waals surface area contributed by atoms with Gasteiger partial charge in [-0.3, -0.25) is 0 Å². The predicted octanol–water partition coefficient (Wildman–Crippen LogP) is 3.35. The molecule has 5 nitrogen and oxygen atoms in total. The van der Waals surface area contributed by atoms with Gasteiger partial charge in [0, 0.05) is 31.0 Å². The van der Waals surface area contributed by atoms with E-state index in [1.165, 1.54) is 17.8 Å². The van der Waals surface area contributed by atoms with Crippen molar-refractivity contribution in [1.29, 1.82) is 5.26 Å². The van der Waals surface area contributed by atoms with Crippen LogP contribution in [0, 0.1) is 23.1 Å². The number of halogens is 1. The SMILES string of the molecule is N#Cc1ccc(NC(=O)NCC2CCN(c3ccccc3)C2)cc1F. The number of nitrogens with one attached hydrogen (secondary N) is 2. The Hall–Kier alpha value is -3.07. The lowest BCUT2D eigenvalue weighted by molar-refractivity contribution is 0.250. The first kappa shape index (κ1) is 16.8. The van der Waals surface area contributed by atoms with Gasteiger partial charge < -0.3 is 15.5 Å². The van der Waals surface area contributed by atoms with E-state index in [9.17, 15) is 9.18 Å². The zero-order valence-electron chi connectivity index (χ0n) is 13.7. The van der Waals surface area contributed by atoms with Crippen molar-refractivity contribution in [2.45, 2.75) is 6.42 Å². The van der Waals surface area contributed by atoms with E-state index in [-0.39, 0.29) is 11.6 Å². The number of amides is 2. The largest absolute Gasteiger partial charge is 0.371 e. The molecule has 1 saturated heterocycles. The second kappa shape index (κ2) is 7.67. The predicted molar refractivity (Wildman–Crippen MR) is 94.9 cm³/mol. The Bertz CT molecular complexity index is 788. The molecule has 128 valence electrons. The van der Waals surface area contributed by atoms with Gasteiger partial charge in [-0.2, -0.15) is 5.26 Å². The number of carbonyl (C=O) groups excluding carboxylic acids is 1. The molecule has 0 saturated carbocycles. The number of anilines is 2. The Labute approximate surface area is 146 Å². The van der Waals surface area contributed by atoms with Crippen molar-refractivity contribution in [3.63, 3.8) is 0 Å². The lowest BCUT2D eigenvalue weighted by Gasteiger charge is -2.18. The minimum absolute atomic E-state index is 0.0436. The minimum Gasteiger partial charge on any atom is -0.371 e. The molecule has 1 heterocycles. The summed E-state index contributed by atoms with van der Waals surface area (Å²) in [6.07, 6.45) is 1.01. The van der Waals surface area contributed by atoms with Gasteiger partial charge >= 0.3 is 6.03 Å². The molecule has 1 atom stereocenters. The highest BCUT2D eigenvalue weighted by Crippen LogP contribution is 2.23. The Morgan fingerprint density at radius 1 is 1.28 bits per heavy atom. The molecule has 2 aromatic carbocycles. The highest BCUT2D eigenvalue weighted by Gasteiger charge is 2.22. The van der Waals surface area contributed by atoms with Crippen molar-refractivity contribution >= 4 is 17.4 Å². The maximum atomic E-state index is 13.5. The molecule has 0 aliphatic carbocycles. The number of nitrogens with zero attached hydrogens (tertiary/aromatic N) is 2. The third-order valence-corrected chi connectivity index (χ3v) is 4.31. The van der Waals surface area contributed by atoms with E-state index in [1.54, 1.807) is 6.07 Å². The van der Waals surface area contributed by atoms with E-state index in [0.29, 0.717) is 18.2 Å². The van der Waals surface area contributed by atoms with E-state index in [1.807, 2.05) is 18.2 Å². The molecule has 3 rings (SSSR count). The topological polar surface area (TPSA) is 68.2 Å². The summed E-state index contributed by atoms with van der Waals surface area (Å²) >= 11 is 0. The number of urea groups is 1. The lowest BCUT2D eigenvalue weighted by Crippen LogP contribution is -2.34. The van der Waals surface area contributed by atoms with Crippen LogP contribution in [0.15, 0.2) is 48.5 Å². The second-order valence-electron chi connectivity index (χ2n) is 6.08. The van der Waals surface area contributed by atoms with Crippen LogP contribution in [0.4, 0.5) is 20.6 Å². The highest BCUT2D eigenvalue weighted by molar-refractivity contribution is 5.89. The van der Waals surface area contributed by atoms with Crippen LogP contribution < -0.4 is 15.5 Å². The van der Waals surface area contributed by atoms with Crippen LogP contribution >= 0.6 is 0 Å². The summed E-state index contributed by atoms with van der Waals surface area (Å²) in [5.74, 6) is -0.266. The molecule has 1 aliphatic heterocycles. The average Bonchev–Trinajstić information content (AvgIpc) is 3.10. The normalized spacial score (nSPS) is 16.3. The number of carbonyl (C=O) groups is 1. The molecule has 1 unspecified atom stereocenters. The smallest absolute Gasteiger partial charge is 0.319 e. The first-order valence-electron chi connectivity index (χ1n) is 8.20. The molecule has 0 radical (unpaired) electrons. The number of hydrogen-bond donors (Lipinski definition) is 2. The van der Waals surface area contributed by atoms with Crippen LogP contribution in [0.2, 0.25) is 0 Å². The summed E-state index contributed by atoms with van der Waals surface area (Å²) in [5.41, 5.74) is 1.48. The monoisotopic (exact) mass is 338 g/mol. The average molecular weight is 338 g/mol. The molecular formula is C19H19FN4O. The van der Waals surface area contributed by atoms with Crippen molar-refractivity contribution < 1.29 is 9.18 Å². The van der Waals surface area contributed by atoms with Crippen molar-refractivity contribution in [1.82, 2.24) is 5.32 Å². The molecule has 2 N–H and O–H groups in total. The molecular weight excluding hydrogens is 319 g/mol. The Morgan fingerprint density at radius 2 is 2.08 bits per heavy atom. The Kier molecular flexibility index (Phi) is 5.14. The van der Waals surface area contributed by atoms with E-state index in [4.69, 9.17) is 5.26 Å². The fourth-order valence-electron chi connectivity index (χ4n) is 2.97. The van der Waals surface area contributed by atoms with Crippen LogP contribution in [0.25, 0.3) is 0 Å². The van der Waals surface area contributed by atoms with Crippen LogP contribution in [-0.4, -0.2) is 25.7 Å². The van der Waals surface area contributed by atoms with E-state index < -0.39 is 5.82 Å². The van der Waals surface area contributed by atoms with Crippen LogP contribution in [-0.2, 0) is 0 Å². The standard InChI is InChI=1S/C19H19FN4O/c20-18-10-16(7-6-15(18)11-21)23-19(25)22-12-14-8-9-24(13-14)17-4-2-1-3-5-17/h1-7,10,14H,8-9,12-13H2,(H2,22,23,25). The van der Waals surface area contributed by atoms with Crippen molar-refractivity contribution in [3.05, 3.63) is 59.9 Å². The van der Waals surface area contributed by atoms with Crippen LogP contribution in [0.5, 0.6) is 0 Å². The zero-order chi connectivity index (χ0) is 17.6. The summed E-state index contributed by atoms with van der Waals surface area (Å²) in [6.45, 7) is 2.43. The summed E-state index contributed by atoms with van der Waals surface area (Å²) < 4.78 is 13.5. The van der Waals surface area contributed by atoms with Gasteiger partial charge in [0.05, 0.1) is 5.56 Å². The fraction of sp³-hybridized carbons (Fsp3) is 0.263. The molecule has 1 fully saturated rings. The van der Waals surface area contributed by atoms with Gasteiger partial charge in [0.25, 0.3) is 0 Å². The van der Waals surface area contributed by atoms with Gasteiger partial charge in [-0.05, 0) is 42.7 Å². The molecule has 6 heteroatoms. The molecule has 0 bridgehead atoms. The quantitative estimate of drug-likeness (QED) is 0.898. The summed E-state index contributed by atoms with van der Waals surface area (Å²) in [4.78, 5) is 14.3. The van der Waals surface area contributed by atoms with Crippen LogP contribution in [0.3, 0.4) is 0 Å². The van der Waals surface area contributed by atoms with Gasteiger partial charge in [0.1, 0.15) is 11.9 Å². The molecule has 2 aromatic rings. The molecule has 1 aliphatic rings. The maximum Gasteiger partial charge on any atom is 0.319 e. The van der Waals surface area contributed by atoms with Crippen LogP contribution in [0.1, 0.15) is 12.0 Å². The number of nitriles is 1. The minimum atomic E-state index is -0.644. The first-order valence-corrected chi connectivity index (χ1v) is 8.20. The summed E-state index contributed by atoms with van der Waals surface area (Å²) in [7, 11) is 0. The highest BCUT2D eigenvalue weighted by atomic mass is 19.1. The fourth-order valence-corrected chi connectivity index (χ4v) is 2.97. The Morgan fingerprint density at radius 3 is 2.80 bits per heavy atom. The van der Waals surface area contributed by atoms with Crippen molar-refractivity contribution in [2.75, 3.05) is 29.9 Å². The number of para-hydroxylation sites is 1. The van der Waals surface area contributed by atoms with Gasteiger partial charge in [0.2, 0.25) is 0 Å². The second-order valence-corrected chi connectivity index (χ2v) is 6.08. The third-order valence-electron chi connectivity index (χ3n) is 4.31. The maximum absolute atomic E-state index is 13.5. The first-order chi connectivity index (χ1) is 12.2. The van der Waals surface area contributed by atoms with Gasteiger partial charge in [-0.25, -0.2) is 9.18 Å². The van der Waals surface area contributed by atoms with Gasteiger partial charge in [-0.1, -0.05) is 18.2 Å². The van der Waals surface area contributed by atoms with E-state index in [2.05, 4.69) is 27.7 Å². The van der Waals surface area contributed by atoms with Crippen molar-refractivity contribution in [3.8, 4) is 6.07 Å². The van der Waals surface area contributed by atoms with Gasteiger partial charge in [0.15, 0.2) is 0 Å². The van der Waals surface area contributed by atoms with Crippen molar-refractivity contribution in [2.24, 2.45) is 5.92 Å². The number of hydrogen-bond acceptors (Lipinski definition) is 3. The molecule has 0 spiro atoms. The van der Waals surface area contributed by atoms with E-state index in [0.717, 1.165) is 25.6 Å². The van der Waals surface area contributed by atoms with Gasteiger partial charge in [-0.15, -0.1) is 0 Å². The van der Waals surface area contributed by atoms with E-state index >= 15 is 0 Å². The Balaban J connectivity index is 1.47. The summed E-state index contributed by atoms with van der Waals surface area (Å²) in [5, 5.41) is 14.1. The summed E-state index contributed by atoms with van der Waals surface area (Å²) in [6, 6.07) is 15.6. The molecule has 2 amide bonds. The molecule has 0 aromatic heterocycles.